The number of aldehydes is 1. The third-order valence-corrected chi connectivity index (χ3v) is 2.04. The lowest BCUT2D eigenvalue weighted by Gasteiger charge is -2.05. The second-order valence-electron chi connectivity index (χ2n) is 3.02. The van der Waals surface area contributed by atoms with Gasteiger partial charge >= 0.3 is 0 Å². The standard InChI is InChI=1S/C11H11N2O2/c12-13-7-9-1-3-10(4-2-9)11(8-15)5-6-14/h1-4,6-7,11H,5,12H2. The molecule has 0 amide bonds. The molecule has 15 heavy (non-hydrogen) atoms. The van der Waals surface area contributed by atoms with E-state index in [-0.39, 0.29) is 6.42 Å². The Labute approximate surface area is 87.8 Å². The maximum absolute atomic E-state index is 10.6. The van der Waals surface area contributed by atoms with E-state index in [1.54, 1.807) is 24.3 Å². The van der Waals surface area contributed by atoms with Crippen LogP contribution < -0.4 is 5.84 Å². The van der Waals surface area contributed by atoms with Crippen LogP contribution in [0.1, 0.15) is 23.5 Å². The molecular weight excluding hydrogens is 192 g/mol. The first kappa shape index (κ1) is 11.1. The summed E-state index contributed by atoms with van der Waals surface area (Å²) in [5, 5.41) is 3.38. The van der Waals surface area contributed by atoms with Crippen LogP contribution in [0.15, 0.2) is 29.4 Å². The van der Waals surface area contributed by atoms with Crippen molar-refractivity contribution in [1.29, 1.82) is 0 Å². The third-order valence-electron chi connectivity index (χ3n) is 2.04. The lowest BCUT2D eigenvalue weighted by atomic mass is 9.97. The zero-order chi connectivity index (χ0) is 11.1. The highest BCUT2D eigenvalue weighted by Gasteiger charge is 2.10. The fourth-order valence-corrected chi connectivity index (χ4v) is 1.25. The van der Waals surface area contributed by atoms with Gasteiger partial charge in [0.2, 0.25) is 6.29 Å². The van der Waals surface area contributed by atoms with E-state index in [0.29, 0.717) is 6.29 Å². The highest BCUT2D eigenvalue weighted by molar-refractivity contribution is 5.79. The van der Waals surface area contributed by atoms with Crippen LogP contribution in [0.25, 0.3) is 0 Å². The predicted octanol–water partition coefficient (Wildman–Crippen LogP) is 0.762. The highest BCUT2D eigenvalue weighted by Crippen LogP contribution is 2.16. The van der Waals surface area contributed by atoms with Crippen molar-refractivity contribution in [3.05, 3.63) is 35.4 Å². The van der Waals surface area contributed by atoms with Crippen LogP contribution >= 0.6 is 0 Å². The fourth-order valence-electron chi connectivity index (χ4n) is 1.25. The van der Waals surface area contributed by atoms with Crippen molar-refractivity contribution in [3.8, 4) is 0 Å². The molecular formula is C11H11N2O2. The van der Waals surface area contributed by atoms with Gasteiger partial charge in [-0.05, 0) is 11.1 Å². The molecule has 0 bridgehead atoms. The minimum atomic E-state index is -0.480. The van der Waals surface area contributed by atoms with Crippen LogP contribution in [0, 0.1) is 0 Å². The Bertz CT molecular complexity index is 357. The minimum Gasteiger partial charge on any atom is -0.323 e. The molecule has 0 spiro atoms. The van der Waals surface area contributed by atoms with Gasteiger partial charge in [-0.3, -0.25) is 4.79 Å². The molecule has 1 rings (SSSR count). The molecule has 4 heteroatoms. The molecule has 0 aliphatic heterocycles. The average Bonchev–Trinajstić information content (AvgIpc) is 2.28. The van der Waals surface area contributed by atoms with Gasteiger partial charge in [0, 0.05) is 6.42 Å². The quantitative estimate of drug-likeness (QED) is 0.332. The Kier molecular flexibility index (Phi) is 4.22. The summed E-state index contributed by atoms with van der Waals surface area (Å²) in [7, 11) is 0. The van der Waals surface area contributed by atoms with Gasteiger partial charge in [-0.2, -0.15) is 5.10 Å². The lowest BCUT2D eigenvalue weighted by molar-refractivity contribution is -0.107. The van der Waals surface area contributed by atoms with Crippen molar-refractivity contribution in [2.45, 2.75) is 12.3 Å². The van der Waals surface area contributed by atoms with Crippen molar-refractivity contribution in [2.24, 2.45) is 10.9 Å². The van der Waals surface area contributed by atoms with Crippen LogP contribution in [0.5, 0.6) is 0 Å². The van der Waals surface area contributed by atoms with Crippen molar-refractivity contribution in [3.63, 3.8) is 0 Å². The van der Waals surface area contributed by atoms with Crippen LogP contribution in [0.3, 0.4) is 0 Å². The molecule has 0 saturated carbocycles. The van der Waals surface area contributed by atoms with Gasteiger partial charge in [0.05, 0.1) is 12.1 Å². The number of hydrogen-bond acceptors (Lipinski definition) is 4. The minimum absolute atomic E-state index is 0.161. The molecule has 0 aliphatic rings. The summed E-state index contributed by atoms with van der Waals surface area (Å²) >= 11 is 0. The van der Waals surface area contributed by atoms with Crippen molar-refractivity contribution < 1.29 is 9.59 Å². The molecule has 0 heterocycles. The van der Waals surface area contributed by atoms with Crippen LogP contribution in [0.4, 0.5) is 0 Å². The van der Waals surface area contributed by atoms with Gasteiger partial charge in [0.15, 0.2) is 0 Å². The summed E-state index contributed by atoms with van der Waals surface area (Å²) in [5.41, 5.74) is 1.61. The highest BCUT2D eigenvalue weighted by atomic mass is 16.1. The topological polar surface area (TPSA) is 72.5 Å². The van der Waals surface area contributed by atoms with Gasteiger partial charge in [0.25, 0.3) is 0 Å². The number of nitrogens with zero attached hydrogens (tertiary/aromatic N) is 1. The summed E-state index contributed by atoms with van der Waals surface area (Å²) in [6.07, 6.45) is 4.21. The van der Waals surface area contributed by atoms with Gasteiger partial charge in [-0.25, -0.2) is 0 Å². The normalized spacial score (nSPS) is 12.5. The van der Waals surface area contributed by atoms with Gasteiger partial charge < -0.3 is 10.6 Å². The van der Waals surface area contributed by atoms with E-state index >= 15 is 0 Å². The first-order valence-electron chi connectivity index (χ1n) is 4.46. The van der Waals surface area contributed by atoms with Crippen molar-refractivity contribution >= 4 is 18.8 Å². The number of rotatable bonds is 5. The van der Waals surface area contributed by atoms with Gasteiger partial charge in [-0.1, -0.05) is 24.3 Å². The Morgan fingerprint density at radius 2 is 2.07 bits per heavy atom. The van der Waals surface area contributed by atoms with E-state index in [4.69, 9.17) is 5.84 Å². The lowest BCUT2D eigenvalue weighted by Crippen LogP contribution is -2.01. The summed E-state index contributed by atoms with van der Waals surface area (Å²) in [5.74, 6) is 4.51. The maximum atomic E-state index is 10.6. The van der Waals surface area contributed by atoms with E-state index in [2.05, 4.69) is 5.10 Å². The average molecular weight is 203 g/mol. The Hall–Kier alpha value is -1.97. The number of carbonyl (C=O) groups is 1. The predicted molar refractivity (Wildman–Crippen MR) is 57.3 cm³/mol. The molecule has 0 aliphatic carbocycles. The molecule has 1 radical (unpaired) electrons. The zero-order valence-corrected chi connectivity index (χ0v) is 8.09. The summed E-state index contributed by atoms with van der Waals surface area (Å²) in [4.78, 5) is 20.9. The molecule has 0 saturated heterocycles. The molecule has 2 N–H and O–H groups in total. The largest absolute Gasteiger partial charge is 0.323 e. The van der Waals surface area contributed by atoms with E-state index in [9.17, 15) is 9.59 Å². The first-order chi connectivity index (χ1) is 7.31. The molecule has 0 aromatic heterocycles. The summed E-state index contributed by atoms with van der Waals surface area (Å²) < 4.78 is 0. The summed E-state index contributed by atoms with van der Waals surface area (Å²) in [6.45, 7) is 0. The second-order valence-corrected chi connectivity index (χ2v) is 3.02. The number of hydrogen-bond donors (Lipinski definition) is 1. The maximum Gasteiger partial charge on any atom is 0.206 e. The van der Waals surface area contributed by atoms with E-state index in [1.165, 1.54) is 6.21 Å². The Morgan fingerprint density at radius 1 is 1.40 bits per heavy atom. The molecule has 0 fully saturated rings. The zero-order valence-electron chi connectivity index (χ0n) is 8.09. The molecule has 4 nitrogen and oxygen atoms in total. The third kappa shape index (κ3) is 3.02. The molecule has 1 aromatic carbocycles. The summed E-state index contributed by atoms with van der Waals surface area (Å²) in [6, 6.07) is 7.08. The number of hydrazone groups is 1. The van der Waals surface area contributed by atoms with E-state index < -0.39 is 5.92 Å². The van der Waals surface area contributed by atoms with Gasteiger partial charge in [0.1, 0.15) is 6.29 Å². The van der Waals surface area contributed by atoms with Crippen LogP contribution in [-0.2, 0) is 9.59 Å². The Balaban J connectivity index is 2.85. The SMILES string of the molecule is NN=Cc1ccc(C([C]=O)CC=O)cc1. The van der Waals surface area contributed by atoms with Crippen LogP contribution in [-0.4, -0.2) is 18.8 Å². The van der Waals surface area contributed by atoms with Crippen molar-refractivity contribution in [1.82, 2.24) is 0 Å². The van der Waals surface area contributed by atoms with Crippen molar-refractivity contribution in [2.75, 3.05) is 0 Å². The monoisotopic (exact) mass is 203 g/mol. The van der Waals surface area contributed by atoms with Gasteiger partial charge in [-0.15, -0.1) is 0 Å². The Morgan fingerprint density at radius 3 is 2.53 bits per heavy atom. The number of benzene rings is 1. The van der Waals surface area contributed by atoms with Crippen LogP contribution in [0.2, 0.25) is 0 Å². The second kappa shape index (κ2) is 5.70. The molecule has 77 valence electrons. The number of nitrogens with two attached hydrogens (primary N) is 1. The molecule has 1 unspecified atom stereocenters. The smallest absolute Gasteiger partial charge is 0.206 e. The first-order valence-corrected chi connectivity index (χ1v) is 4.46. The molecule has 1 atom stereocenters. The number of carbonyl (C=O) groups excluding carboxylic acids is 2. The van der Waals surface area contributed by atoms with E-state index in [0.717, 1.165) is 11.1 Å². The molecule has 1 aromatic rings. The van der Waals surface area contributed by atoms with E-state index in [1.807, 2.05) is 6.29 Å². The fraction of sp³-hybridized carbons (Fsp3) is 0.182.